The first-order chi connectivity index (χ1) is 8.23. The summed E-state index contributed by atoms with van der Waals surface area (Å²) in [5.41, 5.74) is 0.0233. The lowest BCUT2D eigenvalue weighted by Crippen LogP contribution is -2.57. The summed E-state index contributed by atoms with van der Waals surface area (Å²) in [5.74, 6) is 0. The van der Waals surface area contributed by atoms with Crippen molar-refractivity contribution in [2.45, 2.75) is 51.7 Å². The van der Waals surface area contributed by atoms with Crippen LogP contribution in [0.1, 0.15) is 38.0 Å². The molecule has 1 N–H and O–H groups in total. The van der Waals surface area contributed by atoms with Crippen molar-refractivity contribution >= 4 is 11.3 Å². The van der Waals surface area contributed by atoms with Gasteiger partial charge in [0.2, 0.25) is 0 Å². The first-order valence-corrected chi connectivity index (χ1v) is 7.43. The van der Waals surface area contributed by atoms with Gasteiger partial charge in [0.05, 0.1) is 18.8 Å². The van der Waals surface area contributed by atoms with Gasteiger partial charge in [0.25, 0.3) is 0 Å². The summed E-state index contributed by atoms with van der Waals surface area (Å²) in [5, 5.41) is 12.0. The molecule has 1 fully saturated rings. The number of thiophene rings is 1. The van der Waals surface area contributed by atoms with Crippen molar-refractivity contribution in [3.63, 3.8) is 0 Å². The number of ether oxygens (including phenoxy) is 1. The van der Waals surface area contributed by atoms with Crippen molar-refractivity contribution in [2.75, 3.05) is 6.61 Å². The summed E-state index contributed by atoms with van der Waals surface area (Å²) in [6.07, 6.45) is 3.92. The monoisotopic (exact) mass is 254 g/mol. The van der Waals surface area contributed by atoms with Crippen molar-refractivity contribution in [3.8, 4) is 0 Å². The molecule has 0 saturated heterocycles. The standard InChI is InChI=1S/C14H22O2S/c1-3-14(4-2)12(15)10-13(14)16-8-7-11-6-5-9-17-11/h5-6,9,12-13,15H,3-4,7-8,10H2,1-2H3. The molecule has 0 amide bonds. The molecule has 2 unspecified atom stereocenters. The zero-order chi connectivity index (χ0) is 12.3. The smallest absolute Gasteiger partial charge is 0.0680 e. The summed E-state index contributed by atoms with van der Waals surface area (Å²) in [6.45, 7) is 5.09. The highest BCUT2D eigenvalue weighted by Gasteiger charge is 2.52. The van der Waals surface area contributed by atoms with Crippen LogP contribution in [0.5, 0.6) is 0 Å². The van der Waals surface area contributed by atoms with Crippen LogP contribution in [-0.2, 0) is 11.2 Å². The van der Waals surface area contributed by atoms with Crippen molar-refractivity contribution in [3.05, 3.63) is 22.4 Å². The average Bonchev–Trinajstić information content (AvgIpc) is 2.83. The third kappa shape index (κ3) is 2.42. The van der Waals surface area contributed by atoms with Crippen molar-refractivity contribution in [2.24, 2.45) is 5.41 Å². The van der Waals surface area contributed by atoms with E-state index >= 15 is 0 Å². The molecule has 2 atom stereocenters. The van der Waals surface area contributed by atoms with E-state index in [-0.39, 0.29) is 17.6 Å². The van der Waals surface area contributed by atoms with Crippen LogP contribution in [0.4, 0.5) is 0 Å². The van der Waals surface area contributed by atoms with Crippen LogP contribution in [0.2, 0.25) is 0 Å². The SMILES string of the molecule is CCC1(CC)C(O)CC1OCCc1cccs1. The Balaban J connectivity index is 1.80. The van der Waals surface area contributed by atoms with Gasteiger partial charge in [0.1, 0.15) is 0 Å². The van der Waals surface area contributed by atoms with E-state index < -0.39 is 0 Å². The number of hydrogen-bond donors (Lipinski definition) is 1. The lowest BCUT2D eigenvalue weighted by molar-refractivity contribution is -0.195. The van der Waals surface area contributed by atoms with E-state index in [9.17, 15) is 5.11 Å². The van der Waals surface area contributed by atoms with E-state index in [1.54, 1.807) is 11.3 Å². The van der Waals surface area contributed by atoms with E-state index in [2.05, 4.69) is 31.4 Å². The van der Waals surface area contributed by atoms with Crippen molar-refractivity contribution < 1.29 is 9.84 Å². The van der Waals surface area contributed by atoms with E-state index in [1.807, 2.05) is 0 Å². The Kier molecular flexibility index (Phi) is 4.23. The number of aliphatic hydroxyl groups excluding tert-OH is 1. The van der Waals surface area contributed by atoms with Crippen LogP contribution in [0.15, 0.2) is 17.5 Å². The summed E-state index contributed by atoms with van der Waals surface area (Å²) in [7, 11) is 0. The fourth-order valence-electron chi connectivity index (χ4n) is 2.89. The Morgan fingerprint density at radius 1 is 1.47 bits per heavy atom. The quantitative estimate of drug-likeness (QED) is 0.844. The van der Waals surface area contributed by atoms with Gasteiger partial charge in [-0.1, -0.05) is 19.9 Å². The molecular formula is C14H22O2S. The molecule has 0 radical (unpaired) electrons. The number of rotatable bonds is 6. The fraction of sp³-hybridized carbons (Fsp3) is 0.714. The normalized spacial score (nSPS) is 26.8. The lowest BCUT2D eigenvalue weighted by atomic mass is 9.60. The van der Waals surface area contributed by atoms with Gasteiger partial charge in [-0.15, -0.1) is 11.3 Å². The average molecular weight is 254 g/mol. The maximum Gasteiger partial charge on any atom is 0.0680 e. The molecule has 1 saturated carbocycles. The Labute approximate surface area is 108 Å². The number of aliphatic hydroxyl groups is 1. The van der Waals surface area contributed by atoms with Crippen LogP contribution in [-0.4, -0.2) is 23.9 Å². The Morgan fingerprint density at radius 2 is 2.24 bits per heavy atom. The molecule has 0 aromatic carbocycles. The lowest BCUT2D eigenvalue weighted by Gasteiger charge is -2.52. The summed E-state index contributed by atoms with van der Waals surface area (Å²) in [4.78, 5) is 1.38. The minimum Gasteiger partial charge on any atom is -0.392 e. The first kappa shape index (κ1) is 13.1. The zero-order valence-corrected chi connectivity index (χ0v) is 11.5. The molecule has 1 heterocycles. The Morgan fingerprint density at radius 3 is 2.76 bits per heavy atom. The van der Waals surface area contributed by atoms with E-state index in [0.29, 0.717) is 0 Å². The minimum absolute atomic E-state index is 0.0233. The molecular weight excluding hydrogens is 232 g/mol. The van der Waals surface area contributed by atoms with Crippen molar-refractivity contribution in [1.82, 2.24) is 0 Å². The Bertz CT molecular complexity index is 330. The van der Waals surface area contributed by atoms with Crippen LogP contribution in [0, 0.1) is 5.41 Å². The number of hydrogen-bond acceptors (Lipinski definition) is 3. The molecule has 17 heavy (non-hydrogen) atoms. The second-order valence-electron chi connectivity index (χ2n) is 4.88. The van der Waals surface area contributed by atoms with Gasteiger partial charge < -0.3 is 9.84 Å². The largest absolute Gasteiger partial charge is 0.392 e. The summed E-state index contributed by atoms with van der Waals surface area (Å²) >= 11 is 1.78. The molecule has 0 aliphatic heterocycles. The molecule has 1 aromatic rings. The zero-order valence-electron chi connectivity index (χ0n) is 10.7. The van der Waals surface area contributed by atoms with E-state index in [1.165, 1.54) is 4.88 Å². The molecule has 2 nitrogen and oxygen atoms in total. The maximum absolute atomic E-state index is 9.93. The highest BCUT2D eigenvalue weighted by atomic mass is 32.1. The molecule has 0 spiro atoms. The van der Waals surface area contributed by atoms with Gasteiger partial charge in [-0.2, -0.15) is 0 Å². The predicted molar refractivity (Wildman–Crippen MR) is 71.4 cm³/mol. The molecule has 96 valence electrons. The molecule has 0 bridgehead atoms. The second-order valence-corrected chi connectivity index (χ2v) is 5.91. The van der Waals surface area contributed by atoms with E-state index in [4.69, 9.17) is 4.74 Å². The van der Waals surface area contributed by atoms with Gasteiger partial charge in [-0.05, 0) is 24.3 Å². The van der Waals surface area contributed by atoms with Gasteiger partial charge in [0, 0.05) is 23.1 Å². The summed E-state index contributed by atoms with van der Waals surface area (Å²) in [6, 6.07) is 4.23. The van der Waals surface area contributed by atoms with Crippen LogP contribution in [0.25, 0.3) is 0 Å². The second kappa shape index (κ2) is 5.51. The predicted octanol–water partition coefficient (Wildman–Crippen LogP) is 3.25. The van der Waals surface area contributed by atoms with E-state index in [0.717, 1.165) is 32.3 Å². The highest BCUT2D eigenvalue weighted by molar-refractivity contribution is 7.09. The molecule has 1 aliphatic rings. The fourth-order valence-corrected chi connectivity index (χ4v) is 3.58. The Hall–Kier alpha value is -0.380. The molecule has 2 rings (SSSR count). The van der Waals surface area contributed by atoms with Crippen LogP contribution < -0.4 is 0 Å². The third-order valence-electron chi connectivity index (χ3n) is 4.31. The molecule has 1 aliphatic carbocycles. The van der Waals surface area contributed by atoms with Gasteiger partial charge in [-0.25, -0.2) is 0 Å². The van der Waals surface area contributed by atoms with Crippen molar-refractivity contribution in [1.29, 1.82) is 0 Å². The topological polar surface area (TPSA) is 29.5 Å². The van der Waals surface area contributed by atoms with Crippen LogP contribution in [0.3, 0.4) is 0 Å². The molecule has 3 heteroatoms. The van der Waals surface area contributed by atoms with Gasteiger partial charge in [0.15, 0.2) is 0 Å². The maximum atomic E-state index is 9.93. The summed E-state index contributed by atoms with van der Waals surface area (Å²) < 4.78 is 5.97. The van der Waals surface area contributed by atoms with Gasteiger partial charge in [-0.3, -0.25) is 0 Å². The van der Waals surface area contributed by atoms with Gasteiger partial charge >= 0.3 is 0 Å². The van der Waals surface area contributed by atoms with Crippen LogP contribution >= 0.6 is 11.3 Å². The highest BCUT2D eigenvalue weighted by Crippen LogP contribution is 2.48. The third-order valence-corrected chi connectivity index (χ3v) is 5.24. The first-order valence-electron chi connectivity index (χ1n) is 6.55. The molecule has 1 aromatic heterocycles. The minimum atomic E-state index is -0.163.